The third-order valence-corrected chi connectivity index (χ3v) is 6.74. The number of amides is 1. The van der Waals surface area contributed by atoms with Crippen LogP contribution in [-0.2, 0) is 14.6 Å². The molecule has 1 amide bonds. The zero-order chi connectivity index (χ0) is 16.0. The molecule has 7 heteroatoms. The fourth-order valence-corrected chi connectivity index (χ4v) is 4.83. The van der Waals surface area contributed by atoms with E-state index in [4.69, 9.17) is 4.42 Å². The molecule has 2 rings (SSSR count). The second kappa shape index (κ2) is 7.60. The normalized spacial score (nSPS) is 13.0. The molecule has 2 heterocycles. The van der Waals surface area contributed by atoms with E-state index in [9.17, 15) is 13.2 Å². The molecule has 2 aromatic heterocycles. The van der Waals surface area contributed by atoms with Crippen molar-refractivity contribution in [1.82, 2.24) is 5.32 Å². The molecular weight excluding hydrogens is 322 g/mol. The van der Waals surface area contributed by atoms with Crippen LogP contribution >= 0.6 is 11.3 Å². The lowest BCUT2D eigenvalue weighted by Crippen LogP contribution is -2.31. The summed E-state index contributed by atoms with van der Waals surface area (Å²) in [5, 5.41) is 3.50. The second-order valence-electron chi connectivity index (χ2n) is 4.89. The Balaban J connectivity index is 2.16. The van der Waals surface area contributed by atoms with Gasteiger partial charge in [-0.2, -0.15) is 0 Å². The van der Waals surface area contributed by atoms with E-state index in [1.54, 1.807) is 29.6 Å². The van der Waals surface area contributed by atoms with Gasteiger partial charge in [-0.1, -0.05) is 19.4 Å². The van der Waals surface area contributed by atoms with Crippen LogP contribution in [0, 0.1) is 0 Å². The van der Waals surface area contributed by atoms with E-state index in [-0.39, 0.29) is 16.7 Å². The minimum absolute atomic E-state index is 0.0102. The van der Waals surface area contributed by atoms with Gasteiger partial charge in [-0.05, 0) is 30.0 Å². The second-order valence-corrected chi connectivity index (χ2v) is 8.19. The predicted octanol–water partition coefficient (Wildman–Crippen LogP) is 3.16. The highest BCUT2D eigenvalue weighted by Crippen LogP contribution is 2.31. The maximum Gasteiger partial charge on any atom is 0.220 e. The number of unbranched alkanes of at least 4 members (excludes halogenated alkanes) is 1. The first-order valence-corrected chi connectivity index (χ1v) is 9.55. The standard InChI is InChI=1S/C15H19NO4S2/c1-2-3-7-14(17)16-11-13(12-6-4-9-20-12)22(18,19)15-8-5-10-21-15/h4-6,8-10,13H,2-3,7,11H2,1H3,(H,16,17). The summed E-state index contributed by atoms with van der Waals surface area (Å²) in [4.78, 5) is 11.8. The van der Waals surface area contributed by atoms with Crippen LogP contribution in [0.1, 0.15) is 37.2 Å². The van der Waals surface area contributed by atoms with Crippen LogP contribution in [0.5, 0.6) is 0 Å². The molecule has 0 bridgehead atoms. The molecule has 0 aliphatic heterocycles. The largest absolute Gasteiger partial charge is 0.468 e. The maximum atomic E-state index is 12.7. The Hall–Kier alpha value is -1.60. The summed E-state index contributed by atoms with van der Waals surface area (Å²) in [5.74, 6) is 0.198. The molecule has 0 saturated carbocycles. The lowest BCUT2D eigenvalue weighted by Gasteiger charge is -2.15. The lowest BCUT2D eigenvalue weighted by molar-refractivity contribution is -0.121. The van der Waals surface area contributed by atoms with E-state index in [1.165, 1.54) is 6.26 Å². The van der Waals surface area contributed by atoms with Gasteiger partial charge in [-0.25, -0.2) is 8.42 Å². The van der Waals surface area contributed by atoms with Crippen LogP contribution in [0.4, 0.5) is 0 Å². The van der Waals surface area contributed by atoms with Crippen LogP contribution < -0.4 is 5.32 Å². The summed E-state index contributed by atoms with van der Waals surface area (Å²) in [5.41, 5.74) is 0. The average molecular weight is 341 g/mol. The molecule has 1 N–H and O–H groups in total. The van der Waals surface area contributed by atoms with Crippen molar-refractivity contribution in [1.29, 1.82) is 0 Å². The van der Waals surface area contributed by atoms with Gasteiger partial charge in [-0.15, -0.1) is 11.3 Å². The van der Waals surface area contributed by atoms with E-state index in [2.05, 4.69) is 5.32 Å². The van der Waals surface area contributed by atoms with E-state index in [1.807, 2.05) is 6.92 Å². The van der Waals surface area contributed by atoms with Crippen LogP contribution in [-0.4, -0.2) is 20.9 Å². The quantitative estimate of drug-likeness (QED) is 0.800. The Morgan fingerprint density at radius 2 is 2.18 bits per heavy atom. The monoisotopic (exact) mass is 341 g/mol. The van der Waals surface area contributed by atoms with Crippen LogP contribution in [0.3, 0.4) is 0 Å². The van der Waals surface area contributed by atoms with E-state index in [0.717, 1.165) is 24.2 Å². The third-order valence-electron chi connectivity index (χ3n) is 3.25. The minimum Gasteiger partial charge on any atom is -0.468 e. The van der Waals surface area contributed by atoms with E-state index in [0.29, 0.717) is 12.2 Å². The van der Waals surface area contributed by atoms with Gasteiger partial charge < -0.3 is 9.73 Å². The summed E-state index contributed by atoms with van der Waals surface area (Å²) in [6, 6.07) is 6.52. The number of nitrogens with one attached hydrogen (secondary N) is 1. The van der Waals surface area contributed by atoms with Gasteiger partial charge >= 0.3 is 0 Å². The van der Waals surface area contributed by atoms with Crippen molar-refractivity contribution < 1.29 is 17.6 Å². The van der Waals surface area contributed by atoms with Crippen LogP contribution in [0.25, 0.3) is 0 Å². The van der Waals surface area contributed by atoms with Gasteiger partial charge in [0, 0.05) is 13.0 Å². The topological polar surface area (TPSA) is 76.4 Å². The smallest absolute Gasteiger partial charge is 0.220 e. The molecule has 1 atom stereocenters. The van der Waals surface area contributed by atoms with Crippen molar-refractivity contribution in [3.63, 3.8) is 0 Å². The highest BCUT2D eigenvalue weighted by atomic mass is 32.2. The van der Waals surface area contributed by atoms with Gasteiger partial charge in [0.25, 0.3) is 0 Å². The Morgan fingerprint density at radius 1 is 1.36 bits per heavy atom. The number of hydrogen-bond donors (Lipinski definition) is 1. The summed E-state index contributed by atoms with van der Waals surface area (Å²) in [7, 11) is -3.59. The van der Waals surface area contributed by atoms with Gasteiger partial charge in [0.1, 0.15) is 15.2 Å². The fraction of sp³-hybridized carbons (Fsp3) is 0.400. The van der Waals surface area contributed by atoms with Crippen molar-refractivity contribution in [3.05, 3.63) is 41.7 Å². The summed E-state index contributed by atoms with van der Waals surface area (Å²) in [6.45, 7) is 2.01. The fourth-order valence-electron chi connectivity index (χ4n) is 2.04. The lowest BCUT2D eigenvalue weighted by atomic mass is 10.2. The zero-order valence-corrected chi connectivity index (χ0v) is 14.0. The Bertz CT molecular complexity index is 675. The average Bonchev–Trinajstić information content (AvgIpc) is 3.18. The molecular formula is C15H19NO4S2. The van der Waals surface area contributed by atoms with Gasteiger partial charge in [0.2, 0.25) is 5.91 Å². The first-order chi connectivity index (χ1) is 10.6. The number of carbonyl (C=O) groups is 1. The molecule has 22 heavy (non-hydrogen) atoms. The van der Waals surface area contributed by atoms with Crippen molar-refractivity contribution in [2.45, 2.75) is 35.6 Å². The molecule has 0 spiro atoms. The van der Waals surface area contributed by atoms with Crippen molar-refractivity contribution in [3.8, 4) is 0 Å². The van der Waals surface area contributed by atoms with Crippen molar-refractivity contribution in [2.75, 3.05) is 6.54 Å². The molecule has 0 aliphatic carbocycles. The molecule has 0 saturated heterocycles. The molecule has 5 nitrogen and oxygen atoms in total. The summed E-state index contributed by atoms with van der Waals surface area (Å²) in [6.07, 6.45) is 3.54. The van der Waals surface area contributed by atoms with Gasteiger partial charge in [0.15, 0.2) is 9.84 Å². The first-order valence-electron chi connectivity index (χ1n) is 7.13. The first kappa shape index (κ1) is 16.8. The number of thiophene rings is 1. The van der Waals surface area contributed by atoms with Gasteiger partial charge in [0.05, 0.1) is 6.26 Å². The molecule has 120 valence electrons. The zero-order valence-electron chi connectivity index (χ0n) is 12.3. The van der Waals surface area contributed by atoms with Gasteiger partial charge in [-0.3, -0.25) is 4.79 Å². The molecule has 2 aromatic rings. The summed E-state index contributed by atoms with van der Waals surface area (Å²) < 4.78 is 31.0. The van der Waals surface area contributed by atoms with Crippen LogP contribution in [0.15, 0.2) is 44.5 Å². The van der Waals surface area contributed by atoms with E-state index >= 15 is 0 Å². The number of furan rings is 1. The van der Waals surface area contributed by atoms with Crippen molar-refractivity contribution in [2.24, 2.45) is 0 Å². The minimum atomic E-state index is -3.59. The predicted molar refractivity (Wildman–Crippen MR) is 85.5 cm³/mol. The highest BCUT2D eigenvalue weighted by Gasteiger charge is 2.32. The third kappa shape index (κ3) is 3.98. The molecule has 1 unspecified atom stereocenters. The SMILES string of the molecule is CCCCC(=O)NCC(c1ccco1)S(=O)(=O)c1cccs1. The Morgan fingerprint density at radius 3 is 2.77 bits per heavy atom. The molecule has 0 radical (unpaired) electrons. The number of rotatable bonds is 8. The Kier molecular flexibility index (Phi) is 5.79. The Labute approximate surface area is 134 Å². The van der Waals surface area contributed by atoms with E-state index < -0.39 is 15.1 Å². The van der Waals surface area contributed by atoms with Crippen molar-refractivity contribution >= 4 is 27.1 Å². The molecule has 0 aliphatic rings. The highest BCUT2D eigenvalue weighted by molar-refractivity contribution is 7.93. The maximum absolute atomic E-state index is 12.7. The number of carbonyl (C=O) groups excluding carboxylic acids is 1. The summed E-state index contributed by atoms with van der Waals surface area (Å²) >= 11 is 1.16. The molecule has 0 aromatic carbocycles. The van der Waals surface area contributed by atoms with Crippen LogP contribution in [0.2, 0.25) is 0 Å². The number of sulfone groups is 1. The number of hydrogen-bond acceptors (Lipinski definition) is 5. The molecule has 0 fully saturated rings.